The predicted molar refractivity (Wildman–Crippen MR) is 96.9 cm³/mol. The van der Waals surface area contributed by atoms with Crippen molar-refractivity contribution in [1.82, 2.24) is 0 Å². The fourth-order valence-corrected chi connectivity index (χ4v) is 3.88. The van der Waals surface area contributed by atoms with Gasteiger partial charge in [0.05, 0.1) is 4.88 Å². The van der Waals surface area contributed by atoms with Crippen molar-refractivity contribution in [2.24, 2.45) is 0 Å². The van der Waals surface area contributed by atoms with Crippen LogP contribution in [0.1, 0.15) is 16.6 Å². The largest absolute Gasteiger partial charge is 0.294 e. The van der Waals surface area contributed by atoms with E-state index in [0.717, 1.165) is 27.0 Å². The van der Waals surface area contributed by atoms with Crippen LogP contribution in [-0.2, 0) is 0 Å². The molecule has 1 aromatic heterocycles. The van der Waals surface area contributed by atoms with Gasteiger partial charge in [-0.1, -0.05) is 18.2 Å². The van der Waals surface area contributed by atoms with Crippen molar-refractivity contribution in [3.63, 3.8) is 0 Å². The molecule has 0 amide bonds. The summed E-state index contributed by atoms with van der Waals surface area (Å²) in [5, 5.41) is 0. The Morgan fingerprint density at radius 1 is 0.958 bits per heavy atom. The first-order valence-corrected chi connectivity index (χ1v) is 9.28. The second kappa shape index (κ2) is 6.87. The van der Waals surface area contributed by atoms with Crippen molar-refractivity contribution < 1.29 is 13.6 Å². The molecule has 0 saturated carbocycles. The van der Waals surface area contributed by atoms with Crippen molar-refractivity contribution in [1.29, 1.82) is 0 Å². The number of rotatable bonds is 4. The Labute approximate surface area is 147 Å². The highest BCUT2D eigenvalue weighted by Gasteiger charge is 2.16. The summed E-state index contributed by atoms with van der Waals surface area (Å²) in [6.07, 6.45) is 2.00. The number of thioether (sulfide) groups is 1. The molecule has 0 aliphatic rings. The zero-order chi connectivity index (χ0) is 17.3. The standard InChI is InChI=1S/C19H14F2OS2/c1-11(22)18-10-15(12-3-6-14(23-2)7-4-12)19(24-18)13-5-8-16(20)17(21)9-13/h3-10H,1-2H3. The summed E-state index contributed by atoms with van der Waals surface area (Å²) in [6, 6.07) is 13.6. The van der Waals surface area contributed by atoms with Crippen molar-refractivity contribution in [3.05, 3.63) is 65.0 Å². The summed E-state index contributed by atoms with van der Waals surface area (Å²) >= 11 is 2.94. The van der Waals surface area contributed by atoms with E-state index in [0.29, 0.717) is 10.4 Å². The van der Waals surface area contributed by atoms with Gasteiger partial charge < -0.3 is 0 Å². The molecule has 0 fully saturated rings. The Morgan fingerprint density at radius 2 is 1.62 bits per heavy atom. The Hall–Kier alpha value is -1.98. The van der Waals surface area contributed by atoms with E-state index in [9.17, 15) is 13.6 Å². The molecule has 3 aromatic rings. The van der Waals surface area contributed by atoms with E-state index in [1.54, 1.807) is 11.8 Å². The highest BCUT2D eigenvalue weighted by molar-refractivity contribution is 7.98. The molecule has 1 heterocycles. The van der Waals surface area contributed by atoms with E-state index >= 15 is 0 Å². The molecule has 24 heavy (non-hydrogen) atoms. The monoisotopic (exact) mass is 360 g/mol. The first kappa shape index (κ1) is 16.9. The minimum atomic E-state index is -0.894. The van der Waals surface area contributed by atoms with Crippen molar-refractivity contribution in [3.8, 4) is 21.6 Å². The normalized spacial score (nSPS) is 10.8. The molecule has 0 N–H and O–H groups in total. The van der Waals surface area contributed by atoms with Gasteiger partial charge in [0.2, 0.25) is 0 Å². The van der Waals surface area contributed by atoms with Gasteiger partial charge in [-0.25, -0.2) is 8.78 Å². The molecule has 0 bridgehead atoms. The van der Waals surface area contributed by atoms with Crippen LogP contribution in [0, 0.1) is 11.6 Å². The second-order valence-corrected chi connectivity index (χ2v) is 7.20. The molecule has 0 unspecified atom stereocenters. The average Bonchev–Trinajstić information content (AvgIpc) is 3.03. The van der Waals surface area contributed by atoms with E-state index < -0.39 is 11.6 Å². The van der Waals surface area contributed by atoms with Gasteiger partial charge in [-0.3, -0.25) is 4.79 Å². The van der Waals surface area contributed by atoms with E-state index in [1.165, 1.54) is 30.4 Å². The highest BCUT2D eigenvalue weighted by Crippen LogP contribution is 2.40. The lowest BCUT2D eigenvalue weighted by Crippen LogP contribution is -1.85. The minimum Gasteiger partial charge on any atom is -0.294 e. The van der Waals surface area contributed by atoms with Crippen LogP contribution in [0.3, 0.4) is 0 Å². The molecule has 0 aliphatic heterocycles. The molecule has 0 radical (unpaired) electrons. The van der Waals surface area contributed by atoms with Gasteiger partial charge in [0.15, 0.2) is 17.4 Å². The zero-order valence-electron chi connectivity index (χ0n) is 13.1. The maximum Gasteiger partial charge on any atom is 0.169 e. The predicted octanol–water partition coefficient (Wildman–Crippen LogP) is 6.28. The highest BCUT2D eigenvalue weighted by atomic mass is 32.2. The van der Waals surface area contributed by atoms with E-state index in [2.05, 4.69) is 0 Å². The van der Waals surface area contributed by atoms with Gasteiger partial charge in [-0.15, -0.1) is 23.1 Å². The van der Waals surface area contributed by atoms with Crippen LogP contribution in [0.2, 0.25) is 0 Å². The lowest BCUT2D eigenvalue weighted by Gasteiger charge is -2.06. The number of thiophene rings is 1. The minimum absolute atomic E-state index is 0.0455. The lowest BCUT2D eigenvalue weighted by molar-refractivity contribution is 0.102. The Bertz CT molecular complexity index is 898. The quantitative estimate of drug-likeness (QED) is 0.402. The topological polar surface area (TPSA) is 17.1 Å². The van der Waals surface area contributed by atoms with Gasteiger partial charge in [0.25, 0.3) is 0 Å². The number of benzene rings is 2. The zero-order valence-corrected chi connectivity index (χ0v) is 14.7. The first-order chi connectivity index (χ1) is 11.5. The third-order valence-corrected chi connectivity index (χ3v) is 5.69. The summed E-state index contributed by atoms with van der Waals surface area (Å²) < 4.78 is 26.8. The van der Waals surface area contributed by atoms with Crippen molar-refractivity contribution in [2.45, 2.75) is 11.8 Å². The van der Waals surface area contributed by atoms with Gasteiger partial charge in [0, 0.05) is 15.3 Å². The molecular formula is C19H14F2OS2. The fourth-order valence-electron chi connectivity index (χ4n) is 2.40. The maximum absolute atomic E-state index is 13.6. The molecule has 5 heteroatoms. The van der Waals surface area contributed by atoms with E-state index in [1.807, 2.05) is 36.6 Å². The number of ketones is 1. The third kappa shape index (κ3) is 3.28. The molecule has 0 atom stereocenters. The Kier molecular flexibility index (Phi) is 4.83. The number of Topliss-reactive ketones (excluding diaryl/α,β-unsaturated/α-hetero) is 1. The lowest BCUT2D eigenvalue weighted by atomic mass is 10.0. The number of carbonyl (C=O) groups is 1. The van der Waals surface area contributed by atoms with Gasteiger partial charge in [-0.2, -0.15) is 0 Å². The molecule has 3 rings (SSSR count). The summed E-state index contributed by atoms with van der Waals surface area (Å²) in [5.41, 5.74) is 2.36. The van der Waals surface area contributed by atoms with Crippen molar-refractivity contribution >= 4 is 28.9 Å². The average molecular weight is 360 g/mol. The van der Waals surface area contributed by atoms with Crippen LogP contribution in [0.5, 0.6) is 0 Å². The first-order valence-electron chi connectivity index (χ1n) is 7.24. The molecule has 0 aliphatic carbocycles. The van der Waals surface area contributed by atoms with Gasteiger partial charge in [-0.05, 0) is 54.6 Å². The molecule has 0 saturated heterocycles. The van der Waals surface area contributed by atoms with Gasteiger partial charge in [0.1, 0.15) is 0 Å². The van der Waals surface area contributed by atoms with Crippen LogP contribution in [0.25, 0.3) is 21.6 Å². The number of hydrogen-bond donors (Lipinski definition) is 0. The van der Waals surface area contributed by atoms with Crippen molar-refractivity contribution in [2.75, 3.05) is 6.26 Å². The molecular weight excluding hydrogens is 346 g/mol. The Balaban J connectivity index is 2.16. The summed E-state index contributed by atoms with van der Waals surface area (Å²) in [4.78, 5) is 14.3. The molecule has 122 valence electrons. The third-order valence-electron chi connectivity index (χ3n) is 3.66. The summed E-state index contributed by atoms with van der Waals surface area (Å²) in [7, 11) is 0. The van der Waals surface area contributed by atoms with Crippen LogP contribution in [0.4, 0.5) is 8.78 Å². The van der Waals surface area contributed by atoms with Crippen LogP contribution >= 0.6 is 23.1 Å². The number of carbonyl (C=O) groups excluding carboxylic acids is 1. The number of halogens is 2. The van der Waals surface area contributed by atoms with Gasteiger partial charge >= 0.3 is 0 Å². The smallest absolute Gasteiger partial charge is 0.169 e. The molecule has 2 aromatic carbocycles. The van der Waals surface area contributed by atoms with Crippen LogP contribution in [0.15, 0.2) is 53.4 Å². The molecule has 0 spiro atoms. The second-order valence-electron chi connectivity index (χ2n) is 5.27. The van der Waals surface area contributed by atoms with Crippen LogP contribution in [-0.4, -0.2) is 12.0 Å². The summed E-state index contributed by atoms with van der Waals surface area (Å²) in [5.74, 6) is -1.82. The maximum atomic E-state index is 13.6. The summed E-state index contributed by atoms with van der Waals surface area (Å²) in [6.45, 7) is 1.50. The molecule has 1 nitrogen and oxygen atoms in total. The van der Waals surface area contributed by atoms with Crippen LogP contribution < -0.4 is 0 Å². The van der Waals surface area contributed by atoms with E-state index in [4.69, 9.17) is 0 Å². The Morgan fingerprint density at radius 3 is 2.21 bits per heavy atom. The fraction of sp³-hybridized carbons (Fsp3) is 0.105. The van der Waals surface area contributed by atoms with E-state index in [-0.39, 0.29) is 5.78 Å². The SMILES string of the molecule is CSc1ccc(-c2cc(C(C)=O)sc2-c2ccc(F)c(F)c2)cc1. The number of hydrogen-bond acceptors (Lipinski definition) is 3.